The zero-order valence-electron chi connectivity index (χ0n) is 13.8. The summed E-state index contributed by atoms with van der Waals surface area (Å²) in [6.45, 7) is 0.891. The molecular formula is C20H19F2NO2. The van der Waals surface area contributed by atoms with Gasteiger partial charge in [-0.3, -0.25) is 4.79 Å². The molecule has 0 unspecified atom stereocenters. The topological polar surface area (TPSA) is 37.4 Å². The lowest BCUT2D eigenvalue weighted by Crippen LogP contribution is -2.48. The van der Waals surface area contributed by atoms with Crippen LogP contribution in [0.4, 0.5) is 8.78 Å². The van der Waals surface area contributed by atoms with Crippen LogP contribution in [0.15, 0.2) is 48.5 Å². The molecule has 5 heteroatoms. The minimum absolute atomic E-state index is 0.113. The highest BCUT2D eigenvalue weighted by Gasteiger charge is 2.39. The summed E-state index contributed by atoms with van der Waals surface area (Å²) in [5.41, 5.74) is 0.456. The number of piperidine rings is 1. The third-order valence-corrected chi connectivity index (χ3v) is 4.89. The van der Waals surface area contributed by atoms with Gasteiger partial charge in [0.2, 0.25) is 0 Å². The minimum Gasteiger partial charge on any atom is -0.338 e. The van der Waals surface area contributed by atoms with Gasteiger partial charge in [0.15, 0.2) is 11.6 Å². The molecule has 1 aliphatic rings. The van der Waals surface area contributed by atoms with Gasteiger partial charge < -0.3 is 9.69 Å². The molecule has 1 aliphatic heterocycles. The molecule has 2 aromatic rings. The Labute approximate surface area is 145 Å². The third-order valence-electron chi connectivity index (χ3n) is 4.89. The summed E-state index contributed by atoms with van der Waals surface area (Å²) in [4.78, 5) is 25.7. The molecule has 130 valence electrons. The molecule has 1 amide bonds. The van der Waals surface area contributed by atoms with Gasteiger partial charge in [-0.05, 0) is 42.7 Å². The van der Waals surface area contributed by atoms with E-state index in [0.717, 1.165) is 18.4 Å². The van der Waals surface area contributed by atoms with Crippen LogP contribution in [-0.4, -0.2) is 30.2 Å². The van der Waals surface area contributed by atoms with E-state index in [4.69, 9.17) is 0 Å². The summed E-state index contributed by atoms with van der Waals surface area (Å²) in [6, 6.07) is 12.7. The Bertz CT molecular complexity index is 779. The minimum atomic E-state index is -0.936. The van der Waals surface area contributed by atoms with Crippen molar-refractivity contribution in [3.8, 4) is 0 Å². The van der Waals surface area contributed by atoms with Gasteiger partial charge in [-0.25, -0.2) is 8.78 Å². The van der Waals surface area contributed by atoms with Gasteiger partial charge in [-0.2, -0.15) is 0 Å². The van der Waals surface area contributed by atoms with Gasteiger partial charge in [-0.1, -0.05) is 24.3 Å². The predicted octanol–water partition coefficient (Wildman–Crippen LogP) is 3.73. The highest BCUT2D eigenvalue weighted by atomic mass is 19.2. The average molecular weight is 343 g/mol. The maximum absolute atomic E-state index is 13.7. The van der Waals surface area contributed by atoms with Gasteiger partial charge in [0, 0.05) is 30.5 Å². The number of carbonyl (C=O) groups is 2. The molecular weight excluding hydrogens is 324 g/mol. The smallest absolute Gasteiger partial charge is 0.253 e. The number of benzene rings is 2. The van der Waals surface area contributed by atoms with E-state index < -0.39 is 17.0 Å². The molecule has 0 aliphatic carbocycles. The molecule has 1 fully saturated rings. The van der Waals surface area contributed by atoms with Crippen molar-refractivity contribution < 1.29 is 18.4 Å². The number of nitrogens with zero attached hydrogens (tertiary/aromatic N) is 1. The molecule has 0 saturated carbocycles. The van der Waals surface area contributed by atoms with Crippen LogP contribution in [0.1, 0.15) is 35.2 Å². The molecule has 2 aromatic carbocycles. The first-order valence-corrected chi connectivity index (χ1v) is 8.29. The Morgan fingerprint density at radius 2 is 1.88 bits per heavy atom. The number of rotatable bonds is 4. The summed E-state index contributed by atoms with van der Waals surface area (Å²) in [5.74, 6) is -1.97. The van der Waals surface area contributed by atoms with E-state index >= 15 is 0 Å². The molecule has 25 heavy (non-hydrogen) atoms. The molecule has 1 saturated heterocycles. The average Bonchev–Trinajstić information content (AvgIpc) is 2.64. The van der Waals surface area contributed by atoms with Crippen molar-refractivity contribution in [2.75, 3.05) is 13.1 Å². The molecule has 0 aromatic heterocycles. The fraction of sp³-hybridized carbons (Fsp3) is 0.300. The Kier molecular flexibility index (Phi) is 4.93. The quantitative estimate of drug-likeness (QED) is 0.794. The van der Waals surface area contributed by atoms with E-state index in [0.29, 0.717) is 37.1 Å². The first-order valence-electron chi connectivity index (χ1n) is 8.29. The van der Waals surface area contributed by atoms with Gasteiger partial charge in [-0.15, -0.1) is 0 Å². The van der Waals surface area contributed by atoms with Crippen molar-refractivity contribution >= 4 is 12.2 Å². The van der Waals surface area contributed by atoms with Crippen LogP contribution in [0.3, 0.4) is 0 Å². The summed E-state index contributed by atoms with van der Waals surface area (Å²) in [6.07, 6.45) is 2.30. The molecule has 0 radical (unpaired) electrons. The molecule has 1 heterocycles. The first-order chi connectivity index (χ1) is 12.1. The normalized spacial score (nSPS) is 20.3. The van der Waals surface area contributed by atoms with Crippen molar-refractivity contribution in [2.24, 2.45) is 0 Å². The second-order valence-electron chi connectivity index (χ2n) is 6.48. The van der Waals surface area contributed by atoms with E-state index in [-0.39, 0.29) is 12.3 Å². The van der Waals surface area contributed by atoms with Crippen molar-refractivity contribution in [1.29, 1.82) is 0 Å². The Hall–Kier alpha value is -2.56. The van der Waals surface area contributed by atoms with E-state index in [1.165, 1.54) is 6.07 Å². The van der Waals surface area contributed by atoms with Crippen molar-refractivity contribution in [2.45, 2.75) is 24.7 Å². The monoisotopic (exact) mass is 343 g/mol. The SMILES string of the molecule is O=CC[C@]1(c2ccc(F)c(F)c2)CCCN(C(=O)c2ccccc2)C1. The molecule has 1 atom stereocenters. The second-order valence-corrected chi connectivity index (χ2v) is 6.48. The number of amides is 1. The van der Waals surface area contributed by atoms with Crippen molar-refractivity contribution in [3.05, 3.63) is 71.3 Å². The van der Waals surface area contributed by atoms with Crippen LogP contribution in [-0.2, 0) is 10.2 Å². The van der Waals surface area contributed by atoms with Crippen LogP contribution < -0.4 is 0 Å². The van der Waals surface area contributed by atoms with Gasteiger partial charge >= 0.3 is 0 Å². The summed E-state index contributed by atoms with van der Waals surface area (Å²) >= 11 is 0. The molecule has 0 N–H and O–H groups in total. The number of carbonyl (C=O) groups excluding carboxylic acids is 2. The fourth-order valence-corrected chi connectivity index (χ4v) is 3.57. The number of halogens is 2. The predicted molar refractivity (Wildman–Crippen MR) is 90.3 cm³/mol. The maximum Gasteiger partial charge on any atom is 0.253 e. The largest absolute Gasteiger partial charge is 0.338 e. The highest BCUT2D eigenvalue weighted by molar-refractivity contribution is 5.94. The van der Waals surface area contributed by atoms with Crippen LogP contribution in [0, 0.1) is 11.6 Å². The maximum atomic E-state index is 13.7. The summed E-state index contributed by atoms with van der Waals surface area (Å²) in [5, 5.41) is 0. The molecule has 0 bridgehead atoms. The molecule has 0 spiro atoms. The van der Waals surface area contributed by atoms with Crippen molar-refractivity contribution in [1.82, 2.24) is 4.90 Å². The zero-order valence-corrected chi connectivity index (χ0v) is 13.8. The van der Waals surface area contributed by atoms with Crippen LogP contribution in [0.25, 0.3) is 0 Å². The summed E-state index contributed by atoms with van der Waals surface area (Å²) < 4.78 is 27.0. The van der Waals surface area contributed by atoms with Gasteiger partial charge in [0.25, 0.3) is 5.91 Å². The van der Waals surface area contributed by atoms with E-state index in [1.807, 2.05) is 6.07 Å². The Balaban J connectivity index is 1.92. The number of likely N-dealkylation sites (tertiary alicyclic amines) is 1. The van der Waals surface area contributed by atoms with E-state index in [9.17, 15) is 18.4 Å². The van der Waals surface area contributed by atoms with E-state index in [2.05, 4.69) is 0 Å². The van der Waals surface area contributed by atoms with Crippen LogP contribution in [0.5, 0.6) is 0 Å². The molecule has 3 nitrogen and oxygen atoms in total. The Morgan fingerprint density at radius 1 is 1.12 bits per heavy atom. The van der Waals surface area contributed by atoms with Crippen molar-refractivity contribution in [3.63, 3.8) is 0 Å². The number of hydrogen-bond acceptors (Lipinski definition) is 2. The summed E-state index contributed by atoms with van der Waals surface area (Å²) in [7, 11) is 0. The standard InChI is InChI=1S/C20H19F2NO2/c21-17-8-7-16(13-18(17)22)20(10-12-24)9-4-11-23(14-20)19(25)15-5-2-1-3-6-15/h1-3,5-8,12-13H,4,9-11,14H2/t20-/m1/s1. The van der Waals surface area contributed by atoms with Crippen LogP contribution in [0.2, 0.25) is 0 Å². The second kappa shape index (κ2) is 7.13. The first kappa shape index (κ1) is 17.3. The fourth-order valence-electron chi connectivity index (χ4n) is 3.57. The lowest BCUT2D eigenvalue weighted by molar-refractivity contribution is -0.109. The lowest BCUT2D eigenvalue weighted by atomic mass is 9.72. The molecule has 3 rings (SSSR count). The number of hydrogen-bond donors (Lipinski definition) is 0. The highest BCUT2D eigenvalue weighted by Crippen LogP contribution is 2.37. The van der Waals surface area contributed by atoms with E-state index in [1.54, 1.807) is 29.2 Å². The third kappa shape index (κ3) is 3.45. The lowest BCUT2D eigenvalue weighted by Gasteiger charge is -2.42. The van der Waals surface area contributed by atoms with Gasteiger partial charge in [0.1, 0.15) is 6.29 Å². The Morgan fingerprint density at radius 3 is 2.56 bits per heavy atom. The zero-order chi connectivity index (χ0) is 17.9. The van der Waals surface area contributed by atoms with Gasteiger partial charge in [0.05, 0.1) is 0 Å². The number of aldehydes is 1. The van der Waals surface area contributed by atoms with Crippen LogP contribution >= 0.6 is 0 Å².